The highest BCUT2D eigenvalue weighted by Gasteiger charge is 2.70. The summed E-state index contributed by atoms with van der Waals surface area (Å²) >= 11 is 9.83. The summed E-state index contributed by atoms with van der Waals surface area (Å²) in [7, 11) is 1.42. The number of likely N-dealkylation sites (tertiary alicyclic amines) is 1. The van der Waals surface area contributed by atoms with Gasteiger partial charge >= 0.3 is 0 Å². The number of phenols is 1. The highest BCUT2D eigenvalue weighted by molar-refractivity contribution is 9.10. The number of allylic oxidation sites excluding steroid dienone is 2. The fraction of sp³-hybridized carbons (Fsp3) is 0.250. The number of hydrogen-bond acceptors (Lipinski definition) is 7. The van der Waals surface area contributed by atoms with Crippen LogP contribution in [0.15, 0.2) is 107 Å². The fourth-order valence-corrected chi connectivity index (χ4v) is 9.52. The first kappa shape index (κ1) is 34.1. The summed E-state index contributed by atoms with van der Waals surface area (Å²) in [6.45, 7) is 0.129. The summed E-state index contributed by atoms with van der Waals surface area (Å²) in [5.74, 6) is -5.96. The van der Waals surface area contributed by atoms with Gasteiger partial charge in [-0.25, -0.2) is 4.39 Å². The van der Waals surface area contributed by atoms with Crippen LogP contribution in [0.4, 0.5) is 10.1 Å². The van der Waals surface area contributed by atoms with E-state index in [1.165, 1.54) is 36.3 Å². The lowest BCUT2D eigenvalue weighted by Crippen LogP contribution is -2.53. The Morgan fingerprint density at radius 3 is 2.35 bits per heavy atom. The Kier molecular flexibility index (Phi) is 8.46. The van der Waals surface area contributed by atoms with E-state index in [1.807, 2.05) is 36.4 Å². The van der Waals surface area contributed by atoms with Crippen LogP contribution in [0.25, 0.3) is 0 Å². The number of anilines is 1. The van der Waals surface area contributed by atoms with Gasteiger partial charge in [-0.3, -0.25) is 29.5 Å². The molecule has 4 aliphatic rings. The molecule has 3 fully saturated rings. The van der Waals surface area contributed by atoms with Crippen molar-refractivity contribution < 1.29 is 33.4 Å². The molecule has 9 nitrogen and oxygen atoms in total. The van der Waals surface area contributed by atoms with Crippen LogP contribution in [0, 0.1) is 29.5 Å². The van der Waals surface area contributed by atoms with Gasteiger partial charge in [-0.1, -0.05) is 65.7 Å². The van der Waals surface area contributed by atoms with Gasteiger partial charge in [0.2, 0.25) is 11.8 Å². The van der Waals surface area contributed by atoms with Gasteiger partial charge in [-0.05, 0) is 99.9 Å². The molecule has 6 atom stereocenters. The van der Waals surface area contributed by atoms with Crippen molar-refractivity contribution in [1.82, 2.24) is 9.91 Å². The molecule has 2 heterocycles. The van der Waals surface area contributed by atoms with Crippen molar-refractivity contribution in [2.75, 3.05) is 12.5 Å². The summed E-state index contributed by atoms with van der Waals surface area (Å²) in [6, 6.07) is 24.8. The molecule has 264 valence electrons. The van der Waals surface area contributed by atoms with Crippen molar-refractivity contribution in [2.24, 2.45) is 23.7 Å². The maximum atomic E-state index is 15.3. The lowest BCUT2D eigenvalue weighted by molar-refractivity contribution is -0.142. The summed E-state index contributed by atoms with van der Waals surface area (Å²) in [6.07, 6.45) is 2.33. The number of halogens is 3. The van der Waals surface area contributed by atoms with E-state index in [0.29, 0.717) is 26.3 Å². The van der Waals surface area contributed by atoms with Crippen LogP contribution in [0.2, 0.25) is 5.02 Å². The van der Waals surface area contributed by atoms with Gasteiger partial charge in [0.05, 0.1) is 47.0 Å². The van der Waals surface area contributed by atoms with Crippen LogP contribution < -0.4 is 10.2 Å². The molecule has 8 rings (SSSR count). The molecule has 52 heavy (non-hydrogen) atoms. The Labute approximate surface area is 312 Å². The van der Waals surface area contributed by atoms with Gasteiger partial charge in [-0.15, -0.1) is 0 Å². The Bertz CT molecular complexity index is 2160. The van der Waals surface area contributed by atoms with E-state index < -0.39 is 52.6 Å². The van der Waals surface area contributed by atoms with Gasteiger partial charge in [0.1, 0.15) is 5.82 Å². The zero-order valence-electron chi connectivity index (χ0n) is 27.8. The largest absolute Gasteiger partial charge is 0.503 e. The number of fused-ring (bicyclic) bond motifs is 4. The smallest absolute Gasteiger partial charge is 0.260 e. The second kappa shape index (κ2) is 12.9. The number of carbonyl (C=O) groups is 4. The second-order valence-electron chi connectivity index (χ2n) is 13.7. The third-order valence-corrected chi connectivity index (χ3v) is 12.0. The third kappa shape index (κ3) is 5.16. The average Bonchev–Trinajstić information content (AvgIpc) is 3.51. The molecular formula is C40H32BrClFN3O6. The summed E-state index contributed by atoms with van der Waals surface area (Å²) in [5, 5.41) is 12.3. The minimum Gasteiger partial charge on any atom is -0.503 e. The molecule has 4 amide bonds. The van der Waals surface area contributed by atoms with Crippen LogP contribution in [-0.4, -0.2) is 45.8 Å². The zero-order valence-corrected chi connectivity index (χ0v) is 30.1. The van der Waals surface area contributed by atoms with E-state index >= 15 is 4.79 Å². The SMILES string of the molecule is COc1cc([C@H]2C3=CC[C@@H]4C(=O)N(Cc5ccccc5)C(=O)[C@@H]4[C@@H]3C[C@H]3C(=O)N(Nc4ccc(F)cc4)C(=O)[C@@]23c2ccc(Cl)cc2)cc(Br)c1O. The molecule has 4 aromatic carbocycles. The van der Waals surface area contributed by atoms with Crippen molar-refractivity contribution >= 4 is 56.8 Å². The number of benzene rings is 4. The molecular weight excluding hydrogens is 753 g/mol. The molecule has 0 aromatic heterocycles. The van der Waals surface area contributed by atoms with E-state index in [0.717, 1.165) is 16.1 Å². The molecule has 4 aromatic rings. The molecule has 2 N–H and O–H groups in total. The average molecular weight is 785 g/mol. The number of hydrogen-bond donors (Lipinski definition) is 2. The quantitative estimate of drug-likeness (QED) is 0.151. The number of nitrogens with one attached hydrogen (secondary N) is 1. The van der Waals surface area contributed by atoms with Gasteiger partial charge in [0.15, 0.2) is 11.5 Å². The molecule has 2 saturated heterocycles. The van der Waals surface area contributed by atoms with Crippen molar-refractivity contribution in [3.63, 3.8) is 0 Å². The standard InChI is InChI=1S/C40H32BrClFN3O6/c1-52-32-18-22(17-31(41)35(32)47)34-27-15-16-28-33(38(50)45(36(28)48)20-21-5-3-2-4-6-21)29(27)19-30-37(49)46(44-26-13-11-25(43)12-14-26)39(51)40(30,34)23-7-9-24(42)10-8-23/h2-15,17-18,28-30,33-34,44,47H,16,19-20H2,1H3/t28-,29+,30-,33-,34-,40+/m0/s1. The normalized spacial score (nSPS) is 26.5. The second-order valence-corrected chi connectivity index (χ2v) is 15.0. The highest BCUT2D eigenvalue weighted by atomic mass is 79.9. The molecule has 2 aliphatic heterocycles. The zero-order chi connectivity index (χ0) is 36.5. The number of ether oxygens (including phenoxy) is 1. The van der Waals surface area contributed by atoms with E-state index in [9.17, 15) is 23.9 Å². The molecule has 12 heteroatoms. The molecule has 0 unspecified atom stereocenters. The maximum Gasteiger partial charge on any atom is 0.260 e. The molecule has 0 radical (unpaired) electrons. The van der Waals surface area contributed by atoms with Crippen LogP contribution in [-0.2, 0) is 31.1 Å². The lowest BCUT2D eigenvalue weighted by atomic mass is 9.49. The summed E-state index contributed by atoms with van der Waals surface area (Å²) in [4.78, 5) is 59.7. The van der Waals surface area contributed by atoms with Crippen molar-refractivity contribution in [2.45, 2.75) is 30.7 Å². The number of carbonyl (C=O) groups excluding carboxylic acids is 4. The number of phenolic OH excluding ortho intramolecular Hbond substituents is 1. The van der Waals surface area contributed by atoms with Crippen LogP contribution >= 0.6 is 27.5 Å². The van der Waals surface area contributed by atoms with Crippen molar-refractivity contribution in [3.8, 4) is 11.5 Å². The van der Waals surface area contributed by atoms with E-state index in [4.69, 9.17) is 16.3 Å². The first-order chi connectivity index (χ1) is 25.0. The monoisotopic (exact) mass is 783 g/mol. The molecule has 0 bridgehead atoms. The predicted octanol–water partition coefficient (Wildman–Crippen LogP) is 7.14. The number of methoxy groups -OCH3 is 1. The van der Waals surface area contributed by atoms with Crippen LogP contribution in [0.1, 0.15) is 35.4 Å². The number of rotatable bonds is 7. The van der Waals surface area contributed by atoms with Gasteiger partial charge in [-0.2, -0.15) is 5.01 Å². The fourth-order valence-electron chi connectivity index (χ4n) is 8.93. The molecule has 1 saturated carbocycles. The van der Waals surface area contributed by atoms with E-state index in [1.54, 1.807) is 36.4 Å². The molecule has 2 aliphatic carbocycles. The van der Waals surface area contributed by atoms with Gasteiger partial charge in [0.25, 0.3) is 11.8 Å². The Morgan fingerprint density at radius 2 is 1.65 bits per heavy atom. The number of imide groups is 2. The van der Waals surface area contributed by atoms with Crippen LogP contribution in [0.3, 0.4) is 0 Å². The van der Waals surface area contributed by atoms with E-state index in [-0.39, 0.29) is 42.7 Å². The minimum atomic E-state index is -1.57. The van der Waals surface area contributed by atoms with Crippen molar-refractivity contribution in [1.29, 1.82) is 0 Å². The Hall–Kier alpha value is -5.00. The Morgan fingerprint density at radius 1 is 0.942 bits per heavy atom. The van der Waals surface area contributed by atoms with E-state index in [2.05, 4.69) is 21.4 Å². The van der Waals surface area contributed by atoms with Crippen LogP contribution in [0.5, 0.6) is 11.5 Å². The minimum absolute atomic E-state index is 0.104. The Balaban J connectivity index is 1.32. The summed E-state index contributed by atoms with van der Waals surface area (Å²) < 4.78 is 19.7. The number of hydrazine groups is 1. The first-order valence-corrected chi connectivity index (χ1v) is 18.0. The lowest BCUT2D eigenvalue weighted by Gasteiger charge is -2.50. The first-order valence-electron chi connectivity index (χ1n) is 16.9. The highest BCUT2D eigenvalue weighted by Crippen LogP contribution is 2.64. The number of nitrogens with zero attached hydrogens (tertiary/aromatic N) is 2. The molecule has 0 spiro atoms. The van der Waals surface area contributed by atoms with Gasteiger partial charge < -0.3 is 9.84 Å². The predicted molar refractivity (Wildman–Crippen MR) is 193 cm³/mol. The van der Waals surface area contributed by atoms with Gasteiger partial charge in [0, 0.05) is 10.9 Å². The maximum absolute atomic E-state index is 15.3. The number of aromatic hydroxyl groups is 1. The summed E-state index contributed by atoms with van der Waals surface area (Å²) in [5.41, 5.74) is 4.34. The number of amides is 4. The topological polar surface area (TPSA) is 116 Å². The van der Waals surface area contributed by atoms with Crippen molar-refractivity contribution in [3.05, 3.63) is 135 Å². The third-order valence-electron chi connectivity index (χ3n) is 11.1.